The third-order valence-corrected chi connectivity index (χ3v) is 3.37. The molecule has 2 aliphatic heterocycles. The van der Waals surface area contributed by atoms with Crippen molar-refractivity contribution in [2.24, 2.45) is 0 Å². The van der Waals surface area contributed by atoms with E-state index in [4.69, 9.17) is 4.74 Å². The Hall–Kier alpha value is -1.72. The first-order valence-corrected chi connectivity index (χ1v) is 5.55. The first kappa shape index (κ1) is 11.4. The predicted molar refractivity (Wildman–Crippen MR) is 57.3 cm³/mol. The highest BCUT2D eigenvalue weighted by Gasteiger charge is 2.69. The summed E-state index contributed by atoms with van der Waals surface area (Å²) in [6.07, 6.45) is -5.11. The molecule has 0 N–H and O–H groups in total. The van der Waals surface area contributed by atoms with Crippen LogP contribution in [0.4, 0.5) is 18.9 Å². The standard InChI is InChI=1S/C12H10F3NO2/c1-7-2-3-9-8(6-7)16-10(17)4-5-11(16,18-9)12(13,14)15/h2-3,6H,4-5H2,1H3/t11-/m0/s1. The van der Waals surface area contributed by atoms with Crippen LogP contribution < -0.4 is 9.64 Å². The summed E-state index contributed by atoms with van der Waals surface area (Å²) in [6.45, 7) is 1.76. The maximum atomic E-state index is 13.2. The highest BCUT2D eigenvalue weighted by atomic mass is 19.4. The zero-order valence-corrected chi connectivity index (χ0v) is 9.54. The number of carbonyl (C=O) groups excluding carboxylic acids is 1. The van der Waals surface area contributed by atoms with Crippen molar-refractivity contribution in [3.8, 4) is 5.75 Å². The molecule has 0 aliphatic carbocycles. The van der Waals surface area contributed by atoms with Gasteiger partial charge in [0.15, 0.2) is 0 Å². The van der Waals surface area contributed by atoms with Gasteiger partial charge in [0, 0.05) is 12.8 Å². The molecular formula is C12H10F3NO2. The number of nitrogens with zero attached hydrogens (tertiary/aromatic N) is 1. The second kappa shape index (κ2) is 3.18. The van der Waals surface area contributed by atoms with Crippen LogP contribution in [0, 0.1) is 6.92 Å². The van der Waals surface area contributed by atoms with Crippen LogP contribution in [-0.4, -0.2) is 17.8 Å². The Morgan fingerprint density at radius 1 is 1.39 bits per heavy atom. The lowest BCUT2D eigenvalue weighted by molar-refractivity contribution is -0.238. The summed E-state index contributed by atoms with van der Waals surface area (Å²) in [5.41, 5.74) is -1.50. The summed E-state index contributed by atoms with van der Waals surface area (Å²) in [5, 5.41) is 0. The van der Waals surface area contributed by atoms with Gasteiger partial charge >= 0.3 is 6.18 Å². The lowest BCUT2D eigenvalue weighted by Gasteiger charge is -2.32. The van der Waals surface area contributed by atoms with Crippen molar-refractivity contribution in [2.45, 2.75) is 31.7 Å². The van der Waals surface area contributed by atoms with Crippen molar-refractivity contribution in [1.82, 2.24) is 0 Å². The van der Waals surface area contributed by atoms with Crippen LogP contribution >= 0.6 is 0 Å². The molecule has 0 aromatic heterocycles. The number of carbonyl (C=O) groups is 1. The maximum absolute atomic E-state index is 13.2. The molecule has 3 rings (SSSR count). The summed E-state index contributed by atoms with van der Waals surface area (Å²) >= 11 is 0. The van der Waals surface area contributed by atoms with E-state index >= 15 is 0 Å². The van der Waals surface area contributed by atoms with E-state index in [1.54, 1.807) is 19.1 Å². The van der Waals surface area contributed by atoms with E-state index in [9.17, 15) is 18.0 Å². The number of anilines is 1. The molecule has 0 saturated carbocycles. The van der Waals surface area contributed by atoms with Crippen LogP contribution in [0.1, 0.15) is 18.4 Å². The molecule has 1 amide bonds. The van der Waals surface area contributed by atoms with E-state index in [-0.39, 0.29) is 24.3 Å². The minimum absolute atomic E-state index is 0.117. The van der Waals surface area contributed by atoms with Crippen LogP contribution in [0.3, 0.4) is 0 Å². The molecule has 1 atom stereocenters. The van der Waals surface area contributed by atoms with Crippen LogP contribution in [0.5, 0.6) is 5.75 Å². The first-order chi connectivity index (χ1) is 8.35. The number of halogens is 3. The van der Waals surface area contributed by atoms with Crippen molar-refractivity contribution in [3.05, 3.63) is 23.8 Å². The molecule has 1 saturated heterocycles. The van der Waals surface area contributed by atoms with Gasteiger partial charge in [0.2, 0.25) is 5.91 Å². The maximum Gasteiger partial charge on any atom is 0.449 e. The van der Waals surface area contributed by atoms with Crippen LogP contribution in [0.25, 0.3) is 0 Å². The molecule has 1 aromatic carbocycles. The number of benzene rings is 1. The number of hydrogen-bond acceptors (Lipinski definition) is 2. The van der Waals surface area contributed by atoms with Crippen LogP contribution in [-0.2, 0) is 4.79 Å². The van der Waals surface area contributed by atoms with E-state index in [2.05, 4.69) is 0 Å². The number of hydrogen-bond donors (Lipinski definition) is 0. The van der Waals surface area contributed by atoms with Crippen molar-refractivity contribution in [2.75, 3.05) is 4.90 Å². The fourth-order valence-electron chi connectivity index (χ4n) is 2.52. The number of aryl methyl sites for hydroxylation is 1. The Bertz CT molecular complexity index is 541. The van der Waals surface area contributed by atoms with Gasteiger partial charge in [-0.2, -0.15) is 13.2 Å². The number of fused-ring (bicyclic) bond motifs is 3. The normalized spacial score (nSPS) is 26.0. The summed E-state index contributed by atoms with van der Waals surface area (Å²) in [4.78, 5) is 12.5. The third kappa shape index (κ3) is 1.23. The van der Waals surface area contributed by atoms with Gasteiger partial charge in [0.25, 0.3) is 5.72 Å². The molecule has 2 aliphatic rings. The quantitative estimate of drug-likeness (QED) is 0.715. The molecule has 18 heavy (non-hydrogen) atoms. The molecule has 2 heterocycles. The second-order valence-electron chi connectivity index (χ2n) is 4.58. The van der Waals surface area contributed by atoms with E-state index < -0.39 is 17.8 Å². The average molecular weight is 257 g/mol. The minimum Gasteiger partial charge on any atom is -0.455 e. The molecule has 0 unspecified atom stereocenters. The van der Waals surface area contributed by atoms with Gasteiger partial charge in [-0.05, 0) is 24.6 Å². The second-order valence-corrected chi connectivity index (χ2v) is 4.58. The Kier molecular flexibility index (Phi) is 2.01. The highest BCUT2D eigenvalue weighted by Crippen LogP contribution is 2.54. The molecule has 1 fully saturated rings. The Morgan fingerprint density at radius 2 is 2.11 bits per heavy atom. The minimum atomic E-state index is -4.61. The molecule has 0 bridgehead atoms. The SMILES string of the molecule is Cc1ccc2c(c1)N1C(=O)CC[C@@]1(C(F)(F)F)O2. The molecule has 3 nitrogen and oxygen atoms in total. The number of rotatable bonds is 0. The van der Waals surface area contributed by atoms with Gasteiger partial charge in [0.1, 0.15) is 5.75 Å². The molecule has 0 radical (unpaired) electrons. The third-order valence-electron chi connectivity index (χ3n) is 3.37. The average Bonchev–Trinajstić information content (AvgIpc) is 2.75. The highest BCUT2D eigenvalue weighted by molar-refractivity contribution is 6.00. The van der Waals surface area contributed by atoms with Gasteiger partial charge in [0.05, 0.1) is 5.69 Å². The van der Waals surface area contributed by atoms with Crippen molar-refractivity contribution >= 4 is 11.6 Å². The van der Waals surface area contributed by atoms with Gasteiger partial charge in [-0.15, -0.1) is 0 Å². The van der Waals surface area contributed by atoms with Crippen molar-refractivity contribution < 1.29 is 22.7 Å². The van der Waals surface area contributed by atoms with E-state index in [0.717, 1.165) is 10.5 Å². The van der Waals surface area contributed by atoms with Crippen LogP contribution in [0.2, 0.25) is 0 Å². The van der Waals surface area contributed by atoms with Crippen molar-refractivity contribution in [1.29, 1.82) is 0 Å². The topological polar surface area (TPSA) is 29.5 Å². The van der Waals surface area contributed by atoms with Gasteiger partial charge in [-0.3, -0.25) is 9.69 Å². The summed E-state index contributed by atoms with van der Waals surface area (Å²) in [6, 6.07) is 4.69. The van der Waals surface area contributed by atoms with Gasteiger partial charge < -0.3 is 4.74 Å². The summed E-state index contributed by atoms with van der Waals surface area (Å²) < 4.78 is 44.8. The summed E-state index contributed by atoms with van der Waals surface area (Å²) in [5.74, 6) is -0.428. The fraction of sp³-hybridized carbons (Fsp3) is 0.417. The largest absolute Gasteiger partial charge is 0.455 e. The van der Waals surface area contributed by atoms with E-state index in [1.807, 2.05) is 0 Å². The number of alkyl halides is 3. The first-order valence-electron chi connectivity index (χ1n) is 5.55. The molecule has 1 aromatic rings. The molecular weight excluding hydrogens is 247 g/mol. The monoisotopic (exact) mass is 257 g/mol. The Labute approximate surface area is 101 Å². The smallest absolute Gasteiger partial charge is 0.449 e. The van der Waals surface area contributed by atoms with E-state index in [1.165, 1.54) is 6.07 Å². The van der Waals surface area contributed by atoms with E-state index in [0.29, 0.717) is 0 Å². The predicted octanol–water partition coefficient (Wildman–Crippen LogP) is 2.77. The summed E-state index contributed by atoms with van der Waals surface area (Å²) in [7, 11) is 0. The number of ether oxygens (including phenoxy) is 1. The number of amides is 1. The molecule has 0 spiro atoms. The lowest BCUT2D eigenvalue weighted by Crippen LogP contribution is -2.57. The Morgan fingerprint density at radius 3 is 2.78 bits per heavy atom. The molecule has 96 valence electrons. The van der Waals surface area contributed by atoms with Crippen LogP contribution in [0.15, 0.2) is 18.2 Å². The zero-order valence-electron chi connectivity index (χ0n) is 9.54. The zero-order chi connectivity index (χ0) is 13.1. The van der Waals surface area contributed by atoms with Gasteiger partial charge in [-0.25, -0.2) is 0 Å². The lowest BCUT2D eigenvalue weighted by atomic mass is 10.1. The Balaban J connectivity index is 2.19. The fourth-order valence-corrected chi connectivity index (χ4v) is 2.52. The van der Waals surface area contributed by atoms with Crippen molar-refractivity contribution in [3.63, 3.8) is 0 Å². The molecule has 6 heteroatoms. The van der Waals surface area contributed by atoms with Gasteiger partial charge in [-0.1, -0.05) is 6.07 Å².